The SMILES string of the molecule is Cc1nc(C)c(C#N)c(SCC(=O)N(CCC#N)c2ccccc2)n1. The van der Waals surface area contributed by atoms with Gasteiger partial charge in [-0.3, -0.25) is 4.79 Å². The van der Waals surface area contributed by atoms with Gasteiger partial charge in [0.25, 0.3) is 0 Å². The summed E-state index contributed by atoms with van der Waals surface area (Å²) >= 11 is 1.22. The fourth-order valence-electron chi connectivity index (χ4n) is 2.29. The second kappa shape index (κ2) is 8.81. The first kappa shape index (κ1) is 18.4. The van der Waals surface area contributed by atoms with Gasteiger partial charge in [0.05, 0.1) is 23.9 Å². The Labute approximate surface area is 151 Å². The van der Waals surface area contributed by atoms with Crippen LogP contribution in [0, 0.1) is 36.5 Å². The maximum Gasteiger partial charge on any atom is 0.237 e. The van der Waals surface area contributed by atoms with Crippen molar-refractivity contribution in [1.82, 2.24) is 9.97 Å². The van der Waals surface area contributed by atoms with Gasteiger partial charge >= 0.3 is 0 Å². The van der Waals surface area contributed by atoms with Crippen molar-refractivity contribution in [3.05, 3.63) is 47.4 Å². The molecular formula is C18H17N5OS. The maximum atomic E-state index is 12.7. The van der Waals surface area contributed by atoms with Crippen LogP contribution in [0.1, 0.15) is 23.5 Å². The third-order valence-corrected chi connectivity index (χ3v) is 4.39. The van der Waals surface area contributed by atoms with Crippen LogP contribution in [-0.2, 0) is 4.79 Å². The van der Waals surface area contributed by atoms with E-state index in [2.05, 4.69) is 22.1 Å². The Morgan fingerprint density at radius 2 is 1.92 bits per heavy atom. The van der Waals surface area contributed by atoms with Crippen molar-refractivity contribution >= 4 is 23.4 Å². The summed E-state index contributed by atoms with van der Waals surface area (Å²) in [5, 5.41) is 18.6. The zero-order valence-corrected chi connectivity index (χ0v) is 14.9. The predicted molar refractivity (Wildman–Crippen MR) is 96.0 cm³/mol. The predicted octanol–water partition coefficient (Wildman–Crippen LogP) is 3.00. The van der Waals surface area contributed by atoms with Crippen LogP contribution < -0.4 is 4.90 Å². The van der Waals surface area contributed by atoms with E-state index in [1.54, 1.807) is 18.7 Å². The van der Waals surface area contributed by atoms with Crippen molar-refractivity contribution in [1.29, 1.82) is 10.5 Å². The average molecular weight is 351 g/mol. The summed E-state index contributed by atoms with van der Waals surface area (Å²) in [6.45, 7) is 3.83. The standard InChI is InChI=1S/C18H17N5OS/c1-13-16(11-20)18(22-14(2)21-13)25-12-17(24)23(10-6-9-19)15-7-4-3-5-8-15/h3-5,7-8H,6,10,12H2,1-2H3. The molecule has 0 saturated carbocycles. The smallest absolute Gasteiger partial charge is 0.237 e. The molecular weight excluding hydrogens is 334 g/mol. The Balaban J connectivity index is 2.17. The molecule has 2 rings (SSSR count). The van der Waals surface area contributed by atoms with Gasteiger partial charge in [0, 0.05) is 12.2 Å². The van der Waals surface area contributed by atoms with Gasteiger partial charge in [0.15, 0.2) is 0 Å². The van der Waals surface area contributed by atoms with E-state index in [0.29, 0.717) is 28.7 Å². The maximum absolute atomic E-state index is 12.7. The number of rotatable bonds is 6. The number of thioether (sulfide) groups is 1. The highest BCUT2D eigenvalue weighted by Gasteiger charge is 2.18. The number of amides is 1. The highest BCUT2D eigenvalue weighted by Crippen LogP contribution is 2.23. The van der Waals surface area contributed by atoms with E-state index >= 15 is 0 Å². The van der Waals surface area contributed by atoms with Crippen molar-refractivity contribution in [2.75, 3.05) is 17.2 Å². The second-order valence-electron chi connectivity index (χ2n) is 5.23. The molecule has 0 radical (unpaired) electrons. The number of nitriles is 2. The summed E-state index contributed by atoms with van der Waals surface area (Å²) in [6.07, 6.45) is 0.250. The molecule has 0 aliphatic rings. The Morgan fingerprint density at radius 1 is 1.20 bits per heavy atom. The lowest BCUT2D eigenvalue weighted by Gasteiger charge is -2.21. The molecule has 25 heavy (non-hydrogen) atoms. The van der Waals surface area contributed by atoms with Crippen molar-refractivity contribution in [2.45, 2.75) is 25.3 Å². The lowest BCUT2D eigenvalue weighted by Crippen LogP contribution is -2.33. The molecule has 0 saturated heterocycles. The molecule has 1 heterocycles. The molecule has 1 aromatic heterocycles. The number of anilines is 1. The van der Waals surface area contributed by atoms with Gasteiger partial charge in [-0.05, 0) is 26.0 Å². The van der Waals surface area contributed by atoms with Crippen LogP contribution in [0.15, 0.2) is 35.4 Å². The topological polar surface area (TPSA) is 93.7 Å². The third-order valence-electron chi connectivity index (χ3n) is 3.43. The van der Waals surface area contributed by atoms with Crippen LogP contribution in [0.25, 0.3) is 0 Å². The van der Waals surface area contributed by atoms with Gasteiger partial charge in [-0.2, -0.15) is 10.5 Å². The van der Waals surface area contributed by atoms with E-state index in [1.807, 2.05) is 30.3 Å². The van der Waals surface area contributed by atoms with Crippen molar-refractivity contribution < 1.29 is 4.79 Å². The zero-order valence-electron chi connectivity index (χ0n) is 14.1. The number of carbonyl (C=O) groups is 1. The number of para-hydroxylation sites is 1. The van der Waals surface area contributed by atoms with E-state index in [-0.39, 0.29) is 18.1 Å². The molecule has 0 aliphatic heterocycles. The fourth-order valence-corrected chi connectivity index (χ4v) is 3.24. The number of hydrogen-bond donors (Lipinski definition) is 0. The lowest BCUT2D eigenvalue weighted by atomic mass is 10.2. The summed E-state index contributed by atoms with van der Waals surface area (Å²) in [7, 11) is 0. The van der Waals surface area contributed by atoms with Gasteiger partial charge in [-0.25, -0.2) is 9.97 Å². The molecule has 1 aromatic carbocycles. The first-order valence-electron chi connectivity index (χ1n) is 7.67. The number of hydrogen-bond acceptors (Lipinski definition) is 6. The molecule has 1 amide bonds. The lowest BCUT2D eigenvalue weighted by molar-refractivity contribution is -0.116. The van der Waals surface area contributed by atoms with Crippen LogP contribution in [0.5, 0.6) is 0 Å². The summed E-state index contributed by atoms with van der Waals surface area (Å²) in [5.41, 5.74) is 1.75. The van der Waals surface area contributed by atoms with Crippen molar-refractivity contribution in [3.63, 3.8) is 0 Å². The molecule has 126 valence electrons. The summed E-state index contributed by atoms with van der Waals surface area (Å²) in [6, 6.07) is 13.4. The molecule has 0 spiro atoms. The minimum Gasteiger partial charge on any atom is -0.311 e. The van der Waals surface area contributed by atoms with Crippen LogP contribution in [0.3, 0.4) is 0 Å². The van der Waals surface area contributed by atoms with Crippen LogP contribution in [-0.4, -0.2) is 28.2 Å². The van der Waals surface area contributed by atoms with E-state index in [4.69, 9.17) is 5.26 Å². The molecule has 0 aliphatic carbocycles. The first-order valence-corrected chi connectivity index (χ1v) is 8.66. The van der Waals surface area contributed by atoms with E-state index < -0.39 is 0 Å². The molecule has 0 bridgehead atoms. The highest BCUT2D eigenvalue weighted by atomic mass is 32.2. The van der Waals surface area contributed by atoms with E-state index in [1.165, 1.54) is 11.8 Å². The fraction of sp³-hybridized carbons (Fsp3) is 0.278. The van der Waals surface area contributed by atoms with Crippen LogP contribution >= 0.6 is 11.8 Å². The van der Waals surface area contributed by atoms with Gasteiger partial charge in [-0.1, -0.05) is 30.0 Å². The minimum atomic E-state index is -0.135. The molecule has 0 N–H and O–H groups in total. The molecule has 0 unspecified atom stereocenters. The molecule has 7 heteroatoms. The highest BCUT2D eigenvalue weighted by molar-refractivity contribution is 8.00. The zero-order chi connectivity index (χ0) is 18.2. The minimum absolute atomic E-state index is 0.130. The number of aryl methyl sites for hydroxylation is 2. The normalized spacial score (nSPS) is 9.92. The van der Waals surface area contributed by atoms with Gasteiger partial charge < -0.3 is 4.90 Å². The van der Waals surface area contributed by atoms with Crippen molar-refractivity contribution in [2.24, 2.45) is 0 Å². The van der Waals surface area contributed by atoms with Gasteiger partial charge in [0.1, 0.15) is 22.5 Å². The third kappa shape index (κ3) is 4.79. The Bertz CT molecular complexity index is 839. The van der Waals surface area contributed by atoms with Crippen LogP contribution in [0.2, 0.25) is 0 Å². The van der Waals surface area contributed by atoms with Gasteiger partial charge in [0.2, 0.25) is 5.91 Å². The number of benzene rings is 1. The van der Waals surface area contributed by atoms with Crippen molar-refractivity contribution in [3.8, 4) is 12.1 Å². The molecule has 2 aromatic rings. The molecule has 6 nitrogen and oxygen atoms in total. The Hall–Kier alpha value is -2.90. The summed E-state index contributed by atoms with van der Waals surface area (Å²) < 4.78 is 0. The molecule has 0 fully saturated rings. The van der Waals surface area contributed by atoms with E-state index in [0.717, 1.165) is 5.69 Å². The first-order chi connectivity index (χ1) is 12.1. The summed E-state index contributed by atoms with van der Waals surface area (Å²) in [4.78, 5) is 22.7. The van der Waals surface area contributed by atoms with Gasteiger partial charge in [-0.15, -0.1) is 0 Å². The van der Waals surface area contributed by atoms with Crippen LogP contribution in [0.4, 0.5) is 5.69 Å². The summed E-state index contributed by atoms with van der Waals surface area (Å²) in [5.74, 6) is 0.561. The van der Waals surface area contributed by atoms with E-state index in [9.17, 15) is 10.1 Å². The second-order valence-corrected chi connectivity index (χ2v) is 6.19. The average Bonchev–Trinajstić information content (AvgIpc) is 2.60. The molecule has 0 atom stereocenters. The number of aromatic nitrogens is 2. The number of nitrogens with zero attached hydrogens (tertiary/aromatic N) is 5. The Morgan fingerprint density at radius 3 is 2.56 bits per heavy atom. The number of carbonyl (C=O) groups excluding carboxylic acids is 1. The quantitative estimate of drug-likeness (QED) is 0.586. The largest absolute Gasteiger partial charge is 0.311 e. The monoisotopic (exact) mass is 351 g/mol. The Kier molecular flexibility index (Phi) is 6.50.